The van der Waals surface area contributed by atoms with Gasteiger partial charge < -0.3 is 19.5 Å². The summed E-state index contributed by atoms with van der Waals surface area (Å²) in [5.74, 6) is 0.410. The second-order valence-corrected chi connectivity index (χ2v) is 7.81. The zero-order valence-electron chi connectivity index (χ0n) is 18.4. The third-order valence-electron chi connectivity index (χ3n) is 5.77. The first kappa shape index (κ1) is 21.7. The van der Waals surface area contributed by atoms with Gasteiger partial charge in [-0.3, -0.25) is 4.79 Å². The van der Waals surface area contributed by atoms with Gasteiger partial charge in [0.2, 0.25) is 0 Å². The summed E-state index contributed by atoms with van der Waals surface area (Å²) in [6.45, 7) is 2.19. The van der Waals surface area contributed by atoms with Crippen LogP contribution in [0.5, 0.6) is 11.5 Å². The first-order valence-corrected chi connectivity index (χ1v) is 10.8. The summed E-state index contributed by atoms with van der Waals surface area (Å²) in [5.41, 5.74) is 3.44. The van der Waals surface area contributed by atoms with Crippen molar-refractivity contribution in [2.75, 3.05) is 20.3 Å². The van der Waals surface area contributed by atoms with Crippen LogP contribution in [0.2, 0.25) is 0 Å². The molecule has 1 heterocycles. The van der Waals surface area contributed by atoms with Crippen molar-refractivity contribution in [3.63, 3.8) is 0 Å². The van der Waals surface area contributed by atoms with E-state index in [9.17, 15) is 9.59 Å². The summed E-state index contributed by atoms with van der Waals surface area (Å²) >= 11 is 0. The number of Topliss-reactive ketones (excluding diaryl/α,β-unsaturated/α-hetero) is 1. The fraction of sp³-hybridized carbons (Fsp3) is 0.308. The molecule has 6 heteroatoms. The van der Waals surface area contributed by atoms with Gasteiger partial charge in [0.15, 0.2) is 5.78 Å². The van der Waals surface area contributed by atoms with Crippen LogP contribution in [0.3, 0.4) is 0 Å². The van der Waals surface area contributed by atoms with Crippen molar-refractivity contribution in [2.24, 2.45) is 0 Å². The molecule has 0 radical (unpaired) electrons. The van der Waals surface area contributed by atoms with E-state index in [4.69, 9.17) is 14.2 Å². The van der Waals surface area contributed by atoms with E-state index in [2.05, 4.69) is 5.32 Å². The number of nitrogens with one attached hydrogen (secondary N) is 1. The van der Waals surface area contributed by atoms with Gasteiger partial charge in [0, 0.05) is 29.0 Å². The molecule has 1 atom stereocenters. The molecule has 0 saturated carbocycles. The summed E-state index contributed by atoms with van der Waals surface area (Å²) in [7, 11) is 1.59. The van der Waals surface area contributed by atoms with Gasteiger partial charge in [-0.25, -0.2) is 4.79 Å². The molecule has 2 aliphatic rings. The van der Waals surface area contributed by atoms with Crippen molar-refractivity contribution in [1.82, 2.24) is 5.32 Å². The maximum atomic E-state index is 13.2. The SMILES string of the molecule is COc1ccccc1[C@@H]1C(C(=O)OCCOc2ccccc2)=C(C)NC2=C1C(=O)CCC2. The summed E-state index contributed by atoms with van der Waals surface area (Å²) in [6.07, 6.45) is 2.04. The molecule has 1 aliphatic heterocycles. The van der Waals surface area contributed by atoms with Gasteiger partial charge in [0.1, 0.15) is 24.7 Å². The van der Waals surface area contributed by atoms with E-state index in [0.29, 0.717) is 34.8 Å². The van der Waals surface area contributed by atoms with Gasteiger partial charge in [-0.2, -0.15) is 0 Å². The lowest BCUT2D eigenvalue weighted by Gasteiger charge is -2.34. The molecule has 0 fully saturated rings. The lowest BCUT2D eigenvalue weighted by Crippen LogP contribution is -2.34. The second kappa shape index (κ2) is 9.73. The smallest absolute Gasteiger partial charge is 0.336 e. The number of esters is 1. The molecular weight excluding hydrogens is 406 g/mol. The Morgan fingerprint density at radius 1 is 1.03 bits per heavy atom. The number of carbonyl (C=O) groups excluding carboxylic acids is 2. The number of ketones is 1. The Labute approximate surface area is 187 Å². The highest BCUT2D eigenvalue weighted by atomic mass is 16.6. The second-order valence-electron chi connectivity index (χ2n) is 7.81. The zero-order valence-corrected chi connectivity index (χ0v) is 18.4. The molecule has 0 unspecified atom stereocenters. The number of benzene rings is 2. The quantitative estimate of drug-likeness (QED) is 0.519. The normalized spacial score (nSPS) is 18.1. The molecule has 0 aromatic heterocycles. The number of ether oxygens (including phenoxy) is 3. The largest absolute Gasteiger partial charge is 0.496 e. The van der Waals surface area contributed by atoms with Gasteiger partial charge in [-0.1, -0.05) is 36.4 Å². The number of allylic oxidation sites excluding steroid dienone is 3. The molecule has 1 aliphatic carbocycles. The number of carbonyl (C=O) groups is 2. The topological polar surface area (TPSA) is 73.9 Å². The average Bonchev–Trinajstić information content (AvgIpc) is 2.81. The lowest BCUT2D eigenvalue weighted by molar-refractivity contribution is -0.140. The van der Waals surface area contributed by atoms with E-state index in [1.807, 2.05) is 61.5 Å². The molecule has 32 heavy (non-hydrogen) atoms. The van der Waals surface area contributed by atoms with Crippen molar-refractivity contribution < 1.29 is 23.8 Å². The molecule has 0 amide bonds. The molecule has 0 bridgehead atoms. The molecule has 4 rings (SSSR count). The maximum absolute atomic E-state index is 13.2. The summed E-state index contributed by atoms with van der Waals surface area (Å²) in [4.78, 5) is 26.2. The molecule has 1 N–H and O–H groups in total. The fourth-order valence-electron chi connectivity index (χ4n) is 4.36. The van der Waals surface area contributed by atoms with Gasteiger partial charge in [0.25, 0.3) is 0 Å². The highest BCUT2D eigenvalue weighted by molar-refractivity contribution is 6.04. The third kappa shape index (κ3) is 4.40. The van der Waals surface area contributed by atoms with Crippen LogP contribution in [-0.4, -0.2) is 32.1 Å². The predicted octanol–water partition coefficient (Wildman–Crippen LogP) is 4.29. The van der Waals surface area contributed by atoms with E-state index in [1.54, 1.807) is 7.11 Å². The van der Waals surface area contributed by atoms with Crippen LogP contribution in [0.1, 0.15) is 37.7 Å². The van der Waals surface area contributed by atoms with Crippen molar-refractivity contribution >= 4 is 11.8 Å². The van der Waals surface area contributed by atoms with Gasteiger partial charge in [0.05, 0.1) is 18.6 Å². The van der Waals surface area contributed by atoms with Gasteiger partial charge in [-0.05, 0) is 38.0 Å². The Kier molecular flexibility index (Phi) is 6.59. The molecular formula is C26H27NO5. The lowest BCUT2D eigenvalue weighted by atomic mass is 9.75. The van der Waals surface area contributed by atoms with Crippen LogP contribution in [0, 0.1) is 0 Å². The highest BCUT2D eigenvalue weighted by Crippen LogP contribution is 2.45. The van der Waals surface area contributed by atoms with E-state index >= 15 is 0 Å². The van der Waals surface area contributed by atoms with Crippen LogP contribution >= 0.6 is 0 Å². The van der Waals surface area contributed by atoms with E-state index in [0.717, 1.165) is 24.1 Å². The summed E-state index contributed by atoms with van der Waals surface area (Å²) in [5, 5.41) is 3.30. The molecule has 2 aromatic carbocycles. The van der Waals surface area contributed by atoms with Crippen molar-refractivity contribution in [2.45, 2.75) is 32.1 Å². The van der Waals surface area contributed by atoms with Crippen molar-refractivity contribution in [3.8, 4) is 11.5 Å². The van der Waals surface area contributed by atoms with E-state index < -0.39 is 11.9 Å². The third-order valence-corrected chi connectivity index (χ3v) is 5.77. The highest BCUT2D eigenvalue weighted by Gasteiger charge is 2.40. The van der Waals surface area contributed by atoms with Crippen LogP contribution in [0.4, 0.5) is 0 Å². The number of para-hydroxylation sites is 2. The number of dihydropyridines is 1. The van der Waals surface area contributed by atoms with Crippen LogP contribution in [0.25, 0.3) is 0 Å². The van der Waals surface area contributed by atoms with Crippen LogP contribution in [-0.2, 0) is 14.3 Å². The molecule has 2 aromatic rings. The Morgan fingerprint density at radius 2 is 1.78 bits per heavy atom. The van der Waals surface area contributed by atoms with E-state index in [-0.39, 0.29) is 19.0 Å². The number of hydrogen-bond donors (Lipinski definition) is 1. The Bertz CT molecular complexity index is 1070. The summed E-state index contributed by atoms with van der Waals surface area (Å²) < 4.78 is 16.8. The van der Waals surface area contributed by atoms with Crippen LogP contribution < -0.4 is 14.8 Å². The maximum Gasteiger partial charge on any atom is 0.336 e. The Hall–Kier alpha value is -3.54. The monoisotopic (exact) mass is 433 g/mol. The van der Waals surface area contributed by atoms with Crippen molar-refractivity contribution in [1.29, 1.82) is 0 Å². The first-order valence-electron chi connectivity index (χ1n) is 10.8. The number of hydrogen-bond acceptors (Lipinski definition) is 6. The molecule has 6 nitrogen and oxygen atoms in total. The molecule has 166 valence electrons. The van der Waals surface area contributed by atoms with Crippen molar-refractivity contribution in [3.05, 3.63) is 82.7 Å². The van der Waals surface area contributed by atoms with Gasteiger partial charge >= 0.3 is 5.97 Å². The Morgan fingerprint density at radius 3 is 2.56 bits per heavy atom. The number of methoxy groups -OCH3 is 1. The van der Waals surface area contributed by atoms with Gasteiger partial charge in [-0.15, -0.1) is 0 Å². The standard InChI is InChI=1S/C26H27NO5/c1-17-23(26(29)32-16-15-31-18-9-4-3-5-10-18)24(19-11-6-7-14-22(19)30-2)25-20(27-17)12-8-13-21(25)28/h3-7,9-11,14,24,27H,8,12-13,15-16H2,1-2H3/t24-/m1/s1. The zero-order chi connectivity index (χ0) is 22.5. The minimum atomic E-state index is -0.530. The molecule has 0 saturated heterocycles. The molecule has 0 spiro atoms. The Balaban J connectivity index is 1.60. The first-order chi connectivity index (χ1) is 15.6. The average molecular weight is 434 g/mol. The fourth-order valence-corrected chi connectivity index (χ4v) is 4.36. The summed E-state index contributed by atoms with van der Waals surface area (Å²) in [6, 6.07) is 16.9. The minimum Gasteiger partial charge on any atom is -0.496 e. The minimum absolute atomic E-state index is 0.0554. The van der Waals surface area contributed by atoms with Crippen LogP contribution in [0.15, 0.2) is 77.1 Å². The van der Waals surface area contributed by atoms with E-state index in [1.165, 1.54) is 0 Å². The predicted molar refractivity (Wildman–Crippen MR) is 120 cm³/mol. The number of rotatable bonds is 7.